The summed E-state index contributed by atoms with van der Waals surface area (Å²) in [5.74, 6) is 0.785. The van der Waals surface area contributed by atoms with Crippen molar-refractivity contribution >= 4 is 5.91 Å². The van der Waals surface area contributed by atoms with E-state index in [-0.39, 0.29) is 5.91 Å². The number of hydrogen-bond donors (Lipinski definition) is 0. The molecule has 23 heavy (non-hydrogen) atoms. The molecule has 2 rings (SSSR count). The maximum atomic E-state index is 12.7. The van der Waals surface area contributed by atoms with Crippen LogP contribution in [0.25, 0.3) is 0 Å². The lowest BCUT2D eigenvalue weighted by atomic mass is 10.1. The van der Waals surface area contributed by atoms with Gasteiger partial charge in [0.25, 0.3) is 5.91 Å². The molecule has 0 N–H and O–H groups in total. The zero-order valence-corrected chi connectivity index (χ0v) is 14.4. The van der Waals surface area contributed by atoms with E-state index in [1.807, 2.05) is 45.2 Å². The van der Waals surface area contributed by atoms with Gasteiger partial charge >= 0.3 is 0 Å². The van der Waals surface area contributed by atoms with Crippen molar-refractivity contribution in [2.45, 2.75) is 39.8 Å². The van der Waals surface area contributed by atoms with Gasteiger partial charge in [0, 0.05) is 13.6 Å². The molecule has 0 fully saturated rings. The molecule has 0 saturated heterocycles. The zero-order valence-electron chi connectivity index (χ0n) is 14.4. The van der Waals surface area contributed by atoms with Gasteiger partial charge < -0.3 is 9.64 Å². The predicted molar refractivity (Wildman–Crippen MR) is 93.5 cm³/mol. The van der Waals surface area contributed by atoms with Crippen molar-refractivity contribution in [1.29, 1.82) is 0 Å². The maximum Gasteiger partial charge on any atom is 0.263 e. The van der Waals surface area contributed by atoms with Crippen molar-refractivity contribution in [2.24, 2.45) is 0 Å². The number of rotatable bonds is 6. The van der Waals surface area contributed by atoms with E-state index in [4.69, 9.17) is 4.74 Å². The Bertz CT molecular complexity index is 649. The fourth-order valence-electron chi connectivity index (χ4n) is 2.44. The number of ether oxygens (including phenoxy) is 1. The topological polar surface area (TPSA) is 29.5 Å². The molecule has 0 radical (unpaired) electrons. The third kappa shape index (κ3) is 4.59. The minimum Gasteiger partial charge on any atom is -0.480 e. The van der Waals surface area contributed by atoms with Crippen molar-refractivity contribution in [3.8, 4) is 5.75 Å². The third-order valence-electron chi connectivity index (χ3n) is 3.93. The van der Waals surface area contributed by atoms with Crippen LogP contribution in [-0.2, 0) is 11.3 Å². The fourth-order valence-corrected chi connectivity index (χ4v) is 2.44. The van der Waals surface area contributed by atoms with Crippen LogP contribution in [0.2, 0.25) is 0 Å². The largest absolute Gasteiger partial charge is 0.480 e. The Morgan fingerprint density at radius 3 is 2.35 bits per heavy atom. The van der Waals surface area contributed by atoms with Gasteiger partial charge in [0.05, 0.1) is 0 Å². The Balaban J connectivity index is 2.03. The van der Waals surface area contributed by atoms with Gasteiger partial charge in [0.15, 0.2) is 6.10 Å². The van der Waals surface area contributed by atoms with E-state index in [0.717, 1.165) is 16.9 Å². The predicted octanol–water partition coefficient (Wildman–Crippen LogP) is 4.12. The Kier molecular flexibility index (Phi) is 5.80. The van der Waals surface area contributed by atoms with Crippen LogP contribution in [0.15, 0.2) is 48.5 Å². The number of para-hydroxylation sites is 1. The average Bonchev–Trinajstić information content (AvgIpc) is 2.55. The molecule has 1 unspecified atom stereocenters. The first kappa shape index (κ1) is 17.1. The van der Waals surface area contributed by atoms with Crippen LogP contribution in [0.1, 0.15) is 30.0 Å². The second-order valence-corrected chi connectivity index (χ2v) is 5.96. The van der Waals surface area contributed by atoms with E-state index in [1.165, 1.54) is 5.56 Å². The molecule has 1 atom stereocenters. The number of carbonyl (C=O) groups is 1. The lowest BCUT2D eigenvalue weighted by molar-refractivity contribution is -0.138. The minimum atomic E-state index is -0.452. The number of benzene rings is 2. The molecule has 2 aromatic carbocycles. The Morgan fingerprint density at radius 2 is 1.74 bits per heavy atom. The van der Waals surface area contributed by atoms with Crippen LogP contribution in [0.3, 0.4) is 0 Å². The van der Waals surface area contributed by atoms with Crippen LogP contribution in [-0.4, -0.2) is 24.0 Å². The molecule has 2 aromatic rings. The summed E-state index contributed by atoms with van der Waals surface area (Å²) in [4.78, 5) is 14.4. The summed E-state index contributed by atoms with van der Waals surface area (Å²) < 4.78 is 5.94. The van der Waals surface area contributed by atoms with E-state index in [9.17, 15) is 4.79 Å². The molecule has 0 spiro atoms. The molecule has 122 valence electrons. The summed E-state index contributed by atoms with van der Waals surface area (Å²) in [5, 5.41) is 0. The van der Waals surface area contributed by atoms with Crippen LogP contribution < -0.4 is 4.74 Å². The molecule has 0 aliphatic heterocycles. The molecule has 0 heterocycles. The summed E-state index contributed by atoms with van der Waals surface area (Å²) in [7, 11) is 1.83. The van der Waals surface area contributed by atoms with Gasteiger partial charge in [-0.15, -0.1) is 0 Å². The van der Waals surface area contributed by atoms with Gasteiger partial charge in [-0.2, -0.15) is 0 Å². The van der Waals surface area contributed by atoms with Crippen molar-refractivity contribution < 1.29 is 9.53 Å². The van der Waals surface area contributed by atoms with E-state index < -0.39 is 6.10 Å². The number of carbonyl (C=O) groups excluding carboxylic acids is 1. The number of amides is 1. The summed E-state index contributed by atoms with van der Waals surface area (Å²) in [5.41, 5.74) is 3.38. The molecule has 1 amide bonds. The molecule has 3 nitrogen and oxygen atoms in total. The van der Waals surface area contributed by atoms with Crippen molar-refractivity contribution in [3.63, 3.8) is 0 Å². The molecular weight excluding hydrogens is 286 g/mol. The minimum absolute atomic E-state index is 0.0105. The Morgan fingerprint density at radius 1 is 1.09 bits per heavy atom. The number of aryl methyl sites for hydroxylation is 2. The molecule has 0 bridgehead atoms. The van der Waals surface area contributed by atoms with E-state index in [0.29, 0.717) is 13.0 Å². The van der Waals surface area contributed by atoms with E-state index in [1.54, 1.807) is 4.90 Å². The van der Waals surface area contributed by atoms with Crippen molar-refractivity contribution in [2.75, 3.05) is 7.05 Å². The highest BCUT2D eigenvalue weighted by Gasteiger charge is 2.22. The Labute approximate surface area is 138 Å². The lowest BCUT2D eigenvalue weighted by Crippen LogP contribution is -2.39. The highest BCUT2D eigenvalue weighted by molar-refractivity contribution is 5.81. The first-order valence-electron chi connectivity index (χ1n) is 8.04. The summed E-state index contributed by atoms with van der Waals surface area (Å²) in [6.07, 6.45) is 0.192. The molecule has 0 aliphatic rings. The van der Waals surface area contributed by atoms with Crippen LogP contribution in [0.5, 0.6) is 5.75 Å². The van der Waals surface area contributed by atoms with Gasteiger partial charge in [-0.05, 0) is 37.5 Å². The zero-order chi connectivity index (χ0) is 16.8. The van der Waals surface area contributed by atoms with Crippen LogP contribution in [0, 0.1) is 13.8 Å². The summed E-state index contributed by atoms with van der Waals surface area (Å²) in [6.45, 7) is 6.61. The molecule has 0 aliphatic carbocycles. The monoisotopic (exact) mass is 311 g/mol. The normalized spacial score (nSPS) is 11.8. The molecule has 0 aromatic heterocycles. The molecule has 3 heteroatoms. The van der Waals surface area contributed by atoms with Gasteiger partial charge in [-0.1, -0.05) is 55.0 Å². The SMILES string of the molecule is CCC(Oc1ccccc1C)C(=O)N(C)Cc1ccc(C)cc1. The van der Waals surface area contributed by atoms with Gasteiger partial charge in [-0.3, -0.25) is 4.79 Å². The first-order chi connectivity index (χ1) is 11.0. The standard InChI is InChI=1S/C20H25NO2/c1-5-18(23-19-9-7-6-8-16(19)3)20(22)21(4)14-17-12-10-15(2)11-13-17/h6-13,18H,5,14H2,1-4H3. The summed E-state index contributed by atoms with van der Waals surface area (Å²) in [6, 6.07) is 16.0. The highest BCUT2D eigenvalue weighted by atomic mass is 16.5. The smallest absolute Gasteiger partial charge is 0.263 e. The van der Waals surface area contributed by atoms with E-state index >= 15 is 0 Å². The van der Waals surface area contributed by atoms with Crippen molar-refractivity contribution in [3.05, 3.63) is 65.2 Å². The fraction of sp³-hybridized carbons (Fsp3) is 0.350. The average molecular weight is 311 g/mol. The van der Waals surface area contributed by atoms with E-state index in [2.05, 4.69) is 31.2 Å². The number of hydrogen-bond acceptors (Lipinski definition) is 2. The van der Waals surface area contributed by atoms with Crippen LogP contribution in [0.4, 0.5) is 0 Å². The second kappa shape index (κ2) is 7.82. The lowest BCUT2D eigenvalue weighted by Gasteiger charge is -2.24. The molecule has 0 saturated carbocycles. The van der Waals surface area contributed by atoms with Gasteiger partial charge in [0.2, 0.25) is 0 Å². The third-order valence-corrected chi connectivity index (χ3v) is 3.93. The maximum absolute atomic E-state index is 12.7. The number of likely N-dealkylation sites (N-methyl/N-ethyl adjacent to an activating group) is 1. The van der Waals surface area contributed by atoms with Gasteiger partial charge in [-0.25, -0.2) is 0 Å². The summed E-state index contributed by atoms with van der Waals surface area (Å²) >= 11 is 0. The Hall–Kier alpha value is -2.29. The van der Waals surface area contributed by atoms with Gasteiger partial charge in [0.1, 0.15) is 5.75 Å². The first-order valence-corrected chi connectivity index (χ1v) is 8.04. The van der Waals surface area contributed by atoms with Crippen LogP contribution >= 0.6 is 0 Å². The highest BCUT2D eigenvalue weighted by Crippen LogP contribution is 2.20. The second-order valence-electron chi connectivity index (χ2n) is 5.96. The molecular formula is C20H25NO2. The van der Waals surface area contributed by atoms with Crippen molar-refractivity contribution in [1.82, 2.24) is 4.90 Å². The quantitative estimate of drug-likeness (QED) is 0.803. The number of nitrogens with zero attached hydrogens (tertiary/aromatic N) is 1.